The Morgan fingerprint density at radius 1 is 1.03 bits per heavy atom. The smallest absolute Gasteiger partial charge is 0.326 e. The second-order valence-corrected chi connectivity index (χ2v) is 9.84. The first kappa shape index (κ1) is 29.7. The summed E-state index contributed by atoms with van der Waals surface area (Å²) < 4.78 is 0. The molecular formula is C31H41NO5. The standard InChI is InChI=1S/C31H41NO5/c1-5-6-8-16-24-20-27(33)25(18-17-22(4)13-11-12-21(2)3)29(34)28(24)30(35)32-26(31(36)37)19-23-14-9-7-10-15-23/h7,9-10,12,14-15,17,20,26,33-34H,5-6,8,11,13,16,18-19H2,1-4H3,(H,32,35)(H,36,37)/b22-17+/t26-/m0/s1. The zero-order valence-corrected chi connectivity index (χ0v) is 22.5. The summed E-state index contributed by atoms with van der Waals surface area (Å²) in [6, 6.07) is 9.46. The van der Waals surface area contributed by atoms with Crippen molar-refractivity contribution >= 4 is 11.9 Å². The number of carboxylic acid groups (broad SMARTS) is 1. The average Bonchev–Trinajstić information content (AvgIpc) is 2.83. The first-order valence-corrected chi connectivity index (χ1v) is 13.1. The van der Waals surface area contributed by atoms with Gasteiger partial charge in [0.2, 0.25) is 0 Å². The molecule has 37 heavy (non-hydrogen) atoms. The highest BCUT2D eigenvalue weighted by Gasteiger charge is 2.27. The van der Waals surface area contributed by atoms with Crippen molar-refractivity contribution in [1.29, 1.82) is 0 Å². The molecule has 0 aliphatic carbocycles. The number of aliphatic carboxylic acids is 1. The van der Waals surface area contributed by atoms with E-state index in [4.69, 9.17) is 0 Å². The van der Waals surface area contributed by atoms with Crippen LogP contribution in [0.3, 0.4) is 0 Å². The first-order valence-electron chi connectivity index (χ1n) is 13.1. The number of phenols is 2. The van der Waals surface area contributed by atoms with Crippen LogP contribution in [0.1, 0.15) is 86.8 Å². The van der Waals surface area contributed by atoms with E-state index in [0.717, 1.165) is 43.2 Å². The molecule has 0 fully saturated rings. The number of phenolic OH excluding ortho intramolecular Hbond substituents is 2. The van der Waals surface area contributed by atoms with Crippen LogP contribution in [0, 0.1) is 0 Å². The molecule has 1 atom stereocenters. The van der Waals surface area contributed by atoms with Gasteiger partial charge in [0.05, 0.1) is 5.56 Å². The van der Waals surface area contributed by atoms with E-state index in [1.807, 2.05) is 31.2 Å². The molecular weight excluding hydrogens is 466 g/mol. The summed E-state index contributed by atoms with van der Waals surface area (Å²) in [7, 11) is 0. The van der Waals surface area contributed by atoms with Crippen LogP contribution in [-0.4, -0.2) is 33.2 Å². The predicted octanol–water partition coefficient (Wildman–Crippen LogP) is 6.49. The summed E-state index contributed by atoms with van der Waals surface area (Å²) in [4.78, 5) is 25.3. The van der Waals surface area contributed by atoms with Crippen molar-refractivity contribution in [3.63, 3.8) is 0 Å². The molecule has 2 rings (SSSR count). The molecule has 0 aliphatic rings. The Hall–Kier alpha value is -3.54. The van der Waals surface area contributed by atoms with E-state index in [0.29, 0.717) is 12.0 Å². The molecule has 1 amide bonds. The minimum Gasteiger partial charge on any atom is -0.508 e. The molecule has 0 saturated heterocycles. The largest absolute Gasteiger partial charge is 0.508 e. The van der Waals surface area contributed by atoms with Gasteiger partial charge >= 0.3 is 5.97 Å². The molecule has 200 valence electrons. The molecule has 0 unspecified atom stereocenters. The minimum absolute atomic E-state index is 0.0406. The maximum Gasteiger partial charge on any atom is 0.326 e. The third-order valence-electron chi connectivity index (χ3n) is 6.37. The van der Waals surface area contributed by atoms with Crippen molar-refractivity contribution in [1.82, 2.24) is 5.32 Å². The highest BCUT2D eigenvalue weighted by atomic mass is 16.4. The summed E-state index contributed by atoms with van der Waals surface area (Å²) in [5.74, 6) is -2.16. The van der Waals surface area contributed by atoms with E-state index >= 15 is 0 Å². The Labute approximate surface area is 220 Å². The maximum absolute atomic E-state index is 13.4. The van der Waals surface area contributed by atoms with Crippen molar-refractivity contribution < 1.29 is 24.9 Å². The second-order valence-electron chi connectivity index (χ2n) is 9.84. The van der Waals surface area contributed by atoms with Crippen LogP contribution in [0.25, 0.3) is 0 Å². The SMILES string of the molecule is CCCCCc1cc(O)c(C/C=C(\C)CCC=C(C)C)c(O)c1C(=O)N[C@@H](Cc1ccccc1)C(=O)O. The summed E-state index contributed by atoms with van der Waals surface area (Å²) in [6.45, 7) is 8.18. The molecule has 0 bridgehead atoms. The number of aryl methyl sites for hydroxylation is 1. The fraction of sp³-hybridized carbons (Fsp3) is 0.419. The van der Waals surface area contributed by atoms with Crippen LogP contribution in [0.15, 0.2) is 59.7 Å². The fourth-order valence-corrected chi connectivity index (χ4v) is 4.21. The topological polar surface area (TPSA) is 107 Å². The number of amides is 1. The Bertz CT molecular complexity index is 1110. The Balaban J connectivity index is 2.37. The lowest BCUT2D eigenvalue weighted by Crippen LogP contribution is -2.42. The van der Waals surface area contributed by atoms with Crippen LogP contribution in [0.5, 0.6) is 11.5 Å². The van der Waals surface area contributed by atoms with E-state index < -0.39 is 17.9 Å². The van der Waals surface area contributed by atoms with Gasteiger partial charge in [-0.25, -0.2) is 4.79 Å². The van der Waals surface area contributed by atoms with E-state index in [-0.39, 0.29) is 35.5 Å². The zero-order chi connectivity index (χ0) is 27.4. The van der Waals surface area contributed by atoms with Gasteiger partial charge in [-0.05, 0) is 70.1 Å². The van der Waals surface area contributed by atoms with Crippen molar-refractivity contribution in [3.8, 4) is 11.5 Å². The molecule has 0 aliphatic heterocycles. The molecule has 2 aromatic carbocycles. The van der Waals surface area contributed by atoms with Crippen LogP contribution >= 0.6 is 0 Å². The number of nitrogens with one attached hydrogen (secondary N) is 1. The van der Waals surface area contributed by atoms with Crippen LogP contribution in [-0.2, 0) is 24.1 Å². The minimum atomic E-state index is -1.16. The number of aromatic hydroxyl groups is 2. The van der Waals surface area contributed by atoms with Crippen LogP contribution in [0.2, 0.25) is 0 Å². The summed E-state index contributed by atoms with van der Waals surface area (Å²) >= 11 is 0. The number of carbonyl (C=O) groups is 2. The molecule has 4 N–H and O–H groups in total. The zero-order valence-electron chi connectivity index (χ0n) is 22.5. The summed E-state index contributed by atoms with van der Waals surface area (Å²) in [5, 5.41) is 34.3. The Kier molecular flexibility index (Phi) is 11.9. The lowest BCUT2D eigenvalue weighted by atomic mass is 9.94. The number of rotatable bonds is 14. The lowest BCUT2D eigenvalue weighted by molar-refractivity contribution is -0.139. The van der Waals surface area contributed by atoms with E-state index in [1.54, 1.807) is 18.2 Å². The number of benzene rings is 2. The second kappa shape index (κ2) is 14.9. The number of allylic oxidation sites excluding steroid dienone is 4. The molecule has 6 nitrogen and oxygen atoms in total. The number of hydrogen-bond acceptors (Lipinski definition) is 4. The third kappa shape index (κ3) is 9.45. The van der Waals surface area contributed by atoms with Gasteiger partial charge in [-0.2, -0.15) is 0 Å². The molecule has 0 radical (unpaired) electrons. The third-order valence-corrected chi connectivity index (χ3v) is 6.37. The van der Waals surface area contributed by atoms with Gasteiger partial charge in [0.15, 0.2) is 0 Å². The van der Waals surface area contributed by atoms with Crippen molar-refractivity contribution in [2.45, 2.75) is 85.1 Å². The van der Waals surface area contributed by atoms with E-state index in [9.17, 15) is 24.9 Å². The van der Waals surface area contributed by atoms with Gasteiger partial charge in [0, 0.05) is 12.0 Å². The maximum atomic E-state index is 13.4. The first-order chi connectivity index (χ1) is 17.6. The number of unbranched alkanes of at least 4 members (excludes halogenated alkanes) is 2. The number of carboxylic acids is 1. The predicted molar refractivity (Wildman–Crippen MR) is 148 cm³/mol. The average molecular weight is 508 g/mol. The Morgan fingerprint density at radius 3 is 2.35 bits per heavy atom. The highest BCUT2D eigenvalue weighted by molar-refractivity contribution is 6.01. The van der Waals surface area contributed by atoms with E-state index in [1.165, 1.54) is 5.57 Å². The van der Waals surface area contributed by atoms with Crippen LogP contribution < -0.4 is 5.32 Å². The van der Waals surface area contributed by atoms with Gasteiger partial charge in [0.25, 0.3) is 5.91 Å². The van der Waals surface area contributed by atoms with Gasteiger partial charge in [0.1, 0.15) is 17.5 Å². The van der Waals surface area contributed by atoms with Gasteiger partial charge in [-0.3, -0.25) is 4.79 Å². The van der Waals surface area contributed by atoms with Gasteiger partial charge in [-0.1, -0.05) is 73.4 Å². The molecule has 0 aromatic heterocycles. The number of hydrogen-bond donors (Lipinski definition) is 4. The van der Waals surface area contributed by atoms with Gasteiger partial charge in [-0.15, -0.1) is 0 Å². The lowest BCUT2D eigenvalue weighted by Gasteiger charge is -2.19. The molecule has 6 heteroatoms. The quantitative estimate of drug-likeness (QED) is 0.173. The molecule has 0 heterocycles. The fourth-order valence-electron chi connectivity index (χ4n) is 4.21. The Morgan fingerprint density at radius 2 is 1.73 bits per heavy atom. The summed E-state index contributed by atoms with van der Waals surface area (Å²) in [5.41, 5.74) is 3.97. The normalized spacial score (nSPS) is 12.2. The molecule has 2 aromatic rings. The monoisotopic (exact) mass is 507 g/mol. The van der Waals surface area contributed by atoms with Crippen LogP contribution in [0.4, 0.5) is 0 Å². The van der Waals surface area contributed by atoms with Gasteiger partial charge < -0.3 is 20.6 Å². The highest BCUT2D eigenvalue weighted by Crippen LogP contribution is 2.35. The van der Waals surface area contributed by atoms with E-state index in [2.05, 4.69) is 32.2 Å². The summed E-state index contributed by atoms with van der Waals surface area (Å²) in [6.07, 6.45) is 9.44. The van der Waals surface area contributed by atoms with Crippen molar-refractivity contribution in [2.75, 3.05) is 0 Å². The molecule has 0 saturated carbocycles. The number of carbonyl (C=O) groups excluding carboxylic acids is 1. The van der Waals surface area contributed by atoms with Crippen molar-refractivity contribution in [3.05, 3.63) is 82.0 Å². The van der Waals surface area contributed by atoms with Crippen molar-refractivity contribution in [2.24, 2.45) is 0 Å². The molecule has 0 spiro atoms.